The smallest absolute Gasteiger partial charge is 0.232 e. The Morgan fingerprint density at radius 2 is 2.19 bits per heavy atom. The van der Waals surface area contributed by atoms with Gasteiger partial charge in [0.05, 0.1) is 41.0 Å². The fourth-order valence-electron chi connectivity index (χ4n) is 3.55. The second-order valence-electron chi connectivity index (χ2n) is 7.00. The van der Waals surface area contributed by atoms with Crippen LogP contribution in [0.4, 0.5) is 5.69 Å². The van der Waals surface area contributed by atoms with Gasteiger partial charge in [0.2, 0.25) is 5.91 Å². The van der Waals surface area contributed by atoms with Gasteiger partial charge in [0.25, 0.3) is 0 Å². The largest absolute Gasteiger partial charge is 0.393 e. The second kappa shape index (κ2) is 6.22. The van der Waals surface area contributed by atoms with E-state index in [-0.39, 0.29) is 12.5 Å². The Kier molecular flexibility index (Phi) is 4.01. The van der Waals surface area contributed by atoms with Crippen LogP contribution in [0.2, 0.25) is 0 Å². The zero-order valence-electron chi connectivity index (χ0n) is 14.6. The van der Waals surface area contributed by atoms with Gasteiger partial charge in [0, 0.05) is 19.8 Å². The maximum atomic E-state index is 12.5. The normalized spacial score (nSPS) is 22.3. The van der Waals surface area contributed by atoms with Crippen LogP contribution in [0.1, 0.15) is 18.7 Å². The van der Waals surface area contributed by atoms with Crippen LogP contribution in [-0.2, 0) is 18.4 Å². The zero-order chi connectivity index (χ0) is 18.3. The Morgan fingerprint density at radius 3 is 2.88 bits per heavy atom. The van der Waals surface area contributed by atoms with E-state index in [2.05, 4.69) is 15.4 Å². The van der Waals surface area contributed by atoms with E-state index in [9.17, 15) is 9.90 Å². The second-order valence-corrected chi connectivity index (χ2v) is 7.00. The van der Waals surface area contributed by atoms with Gasteiger partial charge < -0.3 is 20.7 Å². The molecule has 0 saturated heterocycles. The van der Waals surface area contributed by atoms with Crippen molar-refractivity contribution in [3.8, 4) is 0 Å². The Labute approximate surface area is 150 Å². The number of nitrogens with zero attached hydrogens (tertiary/aromatic N) is 4. The molecule has 0 atom stereocenters. The molecule has 1 amide bonds. The molecule has 4 rings (SSSR count). The van der Waals surface area contributed by atoms with Gasteiger partial charge in [-0.05, 0) is 25.0 Å². The summed E-state index contributed by atoms with van der Waals surface area (Å²) in [7, 11) is 1.98. The number of anilines is 1. The van der Waals surface area contributed by atoms with Crippen molar-refractivity contribution in [3.63, 3.8) is 0 Å². The summed E-state index contributed by atoms with van der Waals surface area (Å²) < 4.78 is 3.77. The van der Waals surface area contributed by atoms with E-state index < -0.39 is 11.5 Å². The fourth-order valence-corrected chi connectivity index (χ4v) is 3.55. The molecular formula is C18H22N6O2. The Bertz CT molecular complexity index is 954. The topological polar surface area (TPSA) is 111 Å². The van der Waals surface area contributed by atoms with Crippen LogP contribution in [0.25, 0.3) is 11.0 Å². The first-order valence-corrected chi connectivity index (χ1v) is 8.63. The SMILES string of the molecule is Cn1c(Cn2cc(NC(=O)C3(CN)CC(O)C3)cn2)nc2ccccc21. The maximum Gasteiger partial charge on any atom is 0.232 e. The van der Waals surface area contributed by atoms with Crippen LogP contribution in [-0.4, -0.2) is 43.0 Å². The summed E-state index contributed by atoms with van der Waals surface area (Å²) >= 11 is 0. The van der Waals surface area contributed by atoms with E-state index in [1.807, 2.05) is 35.9 Å². The Hall–Kier alpha value is -2.71. The van der Waals surface area contributed by atoms with Crippen molar-refractivity contribution in [2.45, 2.75) is 25.5 Å². The molecule has 26 heavy (non-hydrogen) atoms. The number of fused-ring (bicyclic) bond motifs is 1. The van der Waals surface area contributed by atoms with Gasteiger partial charge in [-0.3, -0.25) is 9.48 Å². The van der Waals surface area contributed by atoms with Gasteiger partial charge in [0.15, 0.2) is 0 Å². The summed E-state index contributed by atoms with van der Waals surface area (Å²) in [4.78, 5) is 17.1. The lowest BCUT2D eigenvalue weighted by atomic mass is 9.66. The first-order chi connectivity index (χ1) is 12.5. The summed E-state index contributed by atoms with van der Waals surface area (Å²) in [6, 6.07) is 7.96. The van der Waals surface area contributed by atoms with Crippen molar-refractivity contribution in [2.24, 2.45) is 18.2 Å². The number of aryl methyl sites for hydroxylation is 1. The summed E-state index contributed by atoms with van der Waals surface area (Å²) in [6.07, 6.45) is 3.76. The minimum absolute atomic E-state index is 0.160. The number of hydrogen-bond donors (Lipinski definition) is 3. The quantitative estimate of drug-likeness (QED) is 0.629. The molecule has 1 aliphatic rings. The molecule has 0 aliphatic heterocycles. The van der Waals surface area contributed by atoms with Crippen LogP contribution < -0.4 is 11.1 Å². The highest BCUT2D eigenvalue weighted by atomic mass is 16.3. The number of aliphatic hydroxyl groups is 1. The summed E-state index contributed by atoms with van der Waals surface area (Å²) in [6.45, 7) is 0.728. The molecule has 1 saturated carbocycles. The number of amides is 1. The molecule has 0 spiro atoms. The number of aliphatic hydroxyl groups excluding tert-OH is 1. The number of benzene rings is 1. The molecule has 8 heteroatoms. The van der Waals surface area contributed by atoms with Crippen LogP contribution in [0, 0.1) is 5.41 Å². The summed E-state index contributed by atoms with van der Waals surface area (Å²) in [5, 5.41) is 16.7. The van der Waals surface area contributed by atoms with E-state index in [1.54, 1.807) is 17.1 Å². The van der Waals surface area contributed by atoms with Gasteiger partial charge in [-0.1, -0.05) is 12.1 Å². The number of rotatable bonds is 5. The number of para-hydroxylation sites is 2. The molecule has 4 N–H and O–H groups in total. The van der Waals surface area contributed by atoms with Crippen LogP contribution in [0.15, 0.2) is 36.7 Å². The maximum absolute atomic E-state index is 12.5. The molecule has 2 aromatic heterocycles. The highest BCUT2D eigenvalue weighted by Crippen LogP contribution is 2.41. The van der Waals surface area contributed by atoms with Crippen LogP contribution in [0.5, 0.6) is 0 Å². The fraction of sp³-hybridized carbons (Fsp3) is 0.389. The third-order valence-corrected chi connectivity index (χ3v) is 5.20. The lowest BCUT2D eigenvalue weighted by molar-refractivity contribution is -0.137. The third-order valence-electron chi connectivity index (χ3n) is 5.20. The highest BCUT2D eigenvalue weighted by molar-refractivity contribution is 5.96. The van der Waals surface area contributed by atoms with Gasteiger partial charge in [-0.25, -0.2) is 4.98 Å². The van der Waals surface area contributed by atoms with E-state index in [0.29, 0.717) is 25.1 Å². The molecule has 0 bridgehead atoms. The lowest BCUT2D eigenvalue weighted by Crippen LogP contribution is -2.53. The van der Waals surface area contributed by atoms with Crippen molar-refractivity contribution >= 4 is 22.6 Å². The van der Waals surface area contributed by atoms with Crippen molar-refractivity contribution in [1.82, 2.24) is 19.3 Å². The predicted molar refractivity (Wildman–Crippen MR) is 97.4 cm³/mol. The number of carbonyl (C=O) groups is 1. The number of aromatic nitrogens is 4. The van der Waals surface area contributed by atoms with Crippen LogP contribution in [0.3, 0.4) is 0 Å². The minimum Gasteiger partial charge on any atom is -0.393 e. The minimum atomic E-state index is -0.668. The number of imidazole rings is 1. The highest BCUT2D eigenvalue weighted by Gasteiger charge is 2.48. The average molecular weight is 354 g/mol. The summed E-state index contributed by atoms with van der Waals surface area (Å²) in [5.41, 5.74) is 7.70. The van der Waals surface area contributed by atoms with Crippen molar-refractivity contribution in [2.75, 3.05) is 11.9 Å². The molecule has 1 fully saturated rings. The molecule has 0 unspecified atom stereocenters. The van der Waals surface area contributed by atoms with Crippen molar-refractivity contribution in [1.29, 1.82) is 0 Å². The van der Waals surface area contributed by atoms with Gasteiger partial charge in [-0.2, -0.15) is 5.10 Å². The van der Waals surface area contributed by atoms with Crippen LogP contribution >= 0.6 is 0 Å². The number of nitrogens with two attached hydrogens (primary N) is 1. The van der Waals surface area contributed by atoms with Gasteiger partial charge in [0.1, 0.15) is 5.82 Å². The van der Waals surface area contributed by atoms with Crippen molar-refractivity contribution in [3.05, 3.63) is 42.5 Å². The monoisotopic (exact) mass is 354 g/mol. The number of nitrogens with one attached hydrogen (secondary N) is 1. The van der Waals surface area contributed by atoms with Crippen molar-refractivity contribution < 1.29 is 9.90 Å². The van der Waals surface area contributed by atoms with E-state index in [0.717, 1.165) is 16.9 Å². The van der Waals surface area contributed by atoms with E-state index >= 15 is 0 Å². The zero-order valence-corrected chi connectivity index (χ0v) is 14.6. The predicted octanol–water partition coefficient (Wildman–Crippen LogP) is 0.856. The third kappa shape index (κ3) is 2.77. The lowest BCUT2D eigenvalue weighted by Gasteiger charge is -2.42. The molecule has 2 heterocycles. The number of carbonyl (C=O) groups excluding carboxylic acids is 1. The van der Waals surface area contributed by atoms with E-state index in [4.69, 9.17) is 5.73 Å². The van der Waals surface area contributed by atoms with Gasteiger partial charge in [-0.15, -0.1) is 0 Å². The molecule has 1 aromatic carbocycles. The summed E-state index contributed by atoms with van der Waals surface area (Å²) in [5.74, 6) is 0.723. The molecule has 0 radical (unpaired) electrons. The first kappa shape index (κ1) is 16.7. The Morgan fingerprint density at radius 1 is 1.42 bits per heavy atom. The molecule has 3 aromatic rings. The van der Waals surface area contributed by atoms with Gasteiger partial charge >= 0.3 is 0 Å². The standard InChI is InChI=1S/C18H22N6O2/c1-23-15-5-3-2-4-14(15)22-16(23)10-24-9-12(8-20-24)21-17(26)18(11-19)6-13(25)7-18/h2-5,8-9,13,25H,6-7,10-11,19H2,1H3,(H,21,26). The van der Waals surface area contributed by atoms with E-state index in [1.165, 1.54) is 0 Å². The Balaban J connectivity index is 1.48. The molecule has 136 valence electrons. The average Bonchev–Trinajstić information content (AvgIpc) is 3.17. The molecular weight excluding hydrogens is 332 g/mol. The molecule has 1 aliphatic carbocycles. The number of hydrogen-bond acceptors (Lipinski definition) is 5. The molecule has 8 nitrogen and oxygen atoms in total. The first-order valence-electron chi connectivity index (χ1n) is 8.63.